The van der Waals surface area contributed by atoms with Gasteiger partial charge in [-0.3, -0.25) is 14.5 Å². The number of nitrogens with one attached hydrogen (secondary N) is 1. The topological polar surface area (TPSA) is 143 Å². The molecule has 134 valence electrons. The van der Waals surface area contributed by atoms with Gasteiger partial charge in [0.1, 0.15) is 23.3 Å². The monoisotopic (exact) mass is 353 g/mol. The van der Waals surface area contributed by atoms with E-state index in [0.29, 0.717) is 18.5 Å². The van der Waals surface area contributed by atoms with E-state index in [0.717, 1.165) is 11.0 Å². The lowest BCUT2D eigenvalue weighted by molar-refractivity contribution is 0.402. The molecule has 9 nitrogen and oxygen atoms in total. The van der Waals surface area contributed by atoms with Crippen molar-refractivity contribution < 1.29 is 5.11 Å². The Hall–Kier alpha value is -3.46. The third-order valence-electron chi connectivity index (χ3n) is 4.02. The van der Waals surface area contributed by atoms with Crippen LogP contribution in [0.1, 0.15) is 49.1 Å². The number of hydrogen-bond donors (Lipinski definition) is 2. The molecular formula is C17H19N7O2. The highest BCUT2D eigenvalue weighted by Crippen LogP contribution is 2.32. The molecule has 2 aromatic rings. The standard InChI is InChI=1S/C17H19N7O2/c1-4-6-7-24-16(25)11(8-18)10(3)14(17(24)26)21-23-15-12(9-19)13(5-2)20-22-15/h26H,4-7H2,1-3H3,(H,20,22)/b23-21+. The number of hydrogen-bond acceptors (Lipinski definition) is 7. The minimum Gasteiger partial charge on any atom is -0.493 e. The number of rotatable bonds is 6. The maximum Gasteiger partial charge on any atom is 0.271 e. The van der Waals surface area contributed by atoms with Gasteiger partial charge in [-0.15, -0.1) is 10.2 Å². The van der Waals surface area contributed by atoms with E-state index in [-0.39, 0.29) is 40.6 Å². The third-order valence-corrected chi connectivity index (χ3v) is 4.02. The Bertz CT molecular complexity index is 986. The lowest BCUT2D eigenvalue weighted by Crippen LogP contribution is -2.23. The molecule has 0 amide bonds. The molecule has 0 radical (unpaired) electrons. The molecule has 0 aromatic carbocycles. The van der Waals surface area contributed by atoms with Crippen molar-refractivity contribution in [3.8, 4) is 18.0 Å². The number of aromatic amines is 1. The van der Waals surface area contributed by atoms with Crippen LogP contribution in [0.5, 0.6) is 5.88 Å². The number of aromatic nitrogens is 3. The number of nitriles is 2. The summed E-state index contributed by atoms with van der Waals surface area (Å²) in [5.41, 5.74) is 0.449. The summed E-state index contributed by atoms with van der Waals surface area (Å²) in [7, 11) is 0. The second-order valence-corrected chi connectivity index (χ2v) is 5.65. The Labute approximate surface area is 150 Å². The molecule has 2 rings (SSSR count). The van der Waals surface area contributed by atoms with Crippen LogP contribution in [0, 0.1) is 29.6 Å². The average molecular weight is 353 g/mol. The largest absolute Gasteiger partial charge is 0.493 e. The zero-order chi connectivity index (χ0) is 19.3. The van der Waals surface area contributed by atoms with Crippen molar-refractivity contribution in [1.82, 2.24) is 14.8 Å². The molecule has 0 aliphatic rings. The number of pyridine rings is 1. The van der Waals surface area contributed by atoms with Gasteiger partial charge >= 0.3 is 0 Å². The molecule has 2 aromatic heterocycles. The molecule has 26 heavy (non-hydrogen) atoms. The van der Waals surface area contributed by atoms with Crippen molar-refractivity contribution >= 4 is 11.5 Å². The second-order valence-electron chi connectivity index (χ2n) is 5.65. The highest BCUT2D eigenvalue weighted by Gasteiger charge is 2.19. The van der Waals surface area contributed by atoms with Crippen LogP contribution in [0.4, 0.5) is 11.5 Å². The van der Waals surface area contributed by atoms with Crippen LogP contribution in [0.3, 0.4) is 0 Å². The molecule has 2 heterocycles. The summed E-state index contributed by atoms with van der Waals surface area (Å²) in [6, 6.07) is 3.88. The van der Waals surface area contributed by atoms with Crippen LogP contribution in [-0.2, 0) is 13.0 Å². The van der Waals surface area contributed by atoms with Gasteiger partial charge in [0.25, 0.3) is 5.56 Å². The first-order chi connectivity index (χ1) is 12.5. The van der Waals surface area contributed by atoms with Crippen LogP contribution in [0.2, 0.25) is 0 Å². The number of azo groups is 1. The molecule has 0 atom stereocenters. The predicted octanol–water partition coefficient (Wildman–Crippen LogP) is 3.11. The SMILES string of the molecule is CCCCn1c(O)c(/N=N/c2[nH]nc(CC)c2C#N)c(C)c(C#N)c1=O. The van der Waals surface area contributed by atoms with Gasteiger partial charge in [-0.05, 0) is 19.8 Å². The van der Waals surface area contributed by atoms with E-state index in [4.69, 9.17) is 0 Å². The number of nitrogens with zero attached hydrogens (tertiary/aromatic N) is 6. The van der Waals surface area contributed by atoms with E-state index < -0.39 is 5.56 Å². The normalized spacial score (nSPS) is 10.8. The summed E-state index contributed by atoms with van der Waals surface area (Å²) in [5.74, 6) is -0.189. The fraction of sp³-hybridized carbons (Fsp3) is 0.412. The van der Waals surface area contributed by atoms with Gasteiger partial charge < -0.3 is 5.11 Å². The Balaban J connectivity index is 2.60. The van der Waals surface area contributed by atoms with Gasteiger partial charge in [0.15, 0.2) is 11.5 Å². The van der Waals surface area contributed by atoms with E-state index in [9.17, 15) is 20.4 Å². The van der Waals surface area contributed by atoms with Crippen molar-refractivity contribution in [3.63, 3.8) is 0 Å². The molecular weight excluding hydrogens is 334 g/mol. The van der Waals surface area contributed by atoms with E-state index in [1.807, 2.05) is 26.0 Å². The number of aromatic hydroxyl groups is 1. The highest BCUT2D eigenvalue weighted by molar-refractivity contribution is 5.59. The van der Waals surface area contributed by atoms with Crippen LogP contribution >= 0.6 is 0 Å². The van der Waals surface area contributed by atoms with E-state index in [2.05, 4.69) is 20.4 Å². The third kappa shape index (κ3) is 3.33. The van der Waals surface area contributed by atoms with Crippen LogP contribution in [0.25, 0.3) is 0 Å². The zero-order valence-electron chi connectivity index (χ0n) is 14.9. The van der Waals surface area contributed by atoms with Gasteiger partial charge in [-0.25, -0.2) is 0 Å². The number of unbranched alkanes of at least 4 members (excludes halogenated alkanes) is 1. The summed E-state index contributed by atoms with van der Waals surface area (Å²) in [4.78, 5) is 12.4. The molecule has 0 saturated heterocycles. The summed E-state index contributed by atoms with van der Waals surface area (Å²) in [6.45, 7) is 5.60. The van der Waals surface area contributed by atoms with Crippen molar-refractivity contribution in [2.75, 3.05) is 0 Å². The first kappa shape index (κ1) is 18.9. The van der Waals surface area contributed by atoms with E-state index in [1.165, 1.54) is 6.92 Å². The molecule has 0 spiro atoms. The van der Waals surface area contributed by atoms with Crippen molar-refractivity contribution in [3.05, 3.63) is 32.7 Å². The van der Waals surface area contributed by atoms with Gasteiger partial charge in [-0.1, -0.05) is 20.3 Å². The Morgan fingerprint density at radius 1 is 1.23 bits per heavy atom. The van der Waals surface area contributed by atoms with Crippen LogP contribution < -0.4 is 5.56 Å². The molecule has 0 fully saturated rings. The Morgan fingerprint density at radius 3 is 2.50 bits per heavy atom. The quantitative estimate of drug-likeness (QED) is 0.767. The maximum atomic E-state index is 12.4. The van der Waals surface area contributed by atoms with Gasteiger partial charge in [0.2, 0.25) is 5.88 Å². The first-order valence-corrected chi connectivity index (χ1v) is 8.25. The molecule has 0 aliphatic heterocycles. The zero-order valence-corrected chi connectivity index (χ0v) is 14.9. The molecule has 9 heteroatoms. The molecule has 0 saturated carbocycles. The Kier molecular flexibility index (Phi) is 5.86. The van der Waals surface area contributed by atoms with E-state index in [1.54, 1.807) is 0 Å². The van der Waals surface area contributed by atoms with Gasteiger partial charge in [0.05, 0.1) is 5.69 Å². The fourth-order valence-corrected chi connectivity index (χ4v) is 2.50. The van der Waals surface area contributed by atoms with Crippen molar-refractivity contribution in [1.29, 1.82) is 10.5 Å². The van der Waals surface area contributed by atoms with Crippen molar-refractivity contribution in [2.45, 2.75) is 46.6 Å². The lowest BCUT2D eigenvalue weighted by Gasteiger charge is -2.12. The minimum atomic E-state index is -0.553. The van der Waals surface area contributed by atoms with Gasteiger partial charge in [0, 0.05) is 12.1 Å². The number of aryl methyl sites for hydroxylation is 1. The smallest absolute Gasteiger partial charge is 0.271 e. The molecule has 0 aliphatic carbocycles. The number of H-pyrrole nitrogens is 1. The van der Waals surface area contributed by atoms with Gasteiger partial charge in [-0.2, -0.15) is 15.6 Å². The summed E-state index contributed by atoms with van der Waals surface area (Å²) in [5, 5.41) is 43.6. The predicted molar refractivity (Wildman–Crippen MR) is 93.6 cm³/mol. The Morgan fingerprint density at radius 2 is 1.92 bits per heavy atom. The molecule has 0 unspecified atom stereocenters. The fourth-order valence-electron chi connectivity index (χ4n) is 2.50. The van der Waals surface area contributed by atoms with Crippen molar-refractivity contribution in [2.24, 2.45) is 10.2 Å². The summed E-state index contributed by atoms with van der Waals surface area (Å²) >= 11 is 0. The molecule has 0 bridgehead atoms. The van der Waals surface area contributed by atoms with E-state index >= 15 is 0 Å². The first-order valence-electron chi connectivity index (χ1n) is 8.25. The summed E-state index contributed by atoms with van der Waals surface area (Å²) in [6.07, 6.45) is 2.04. The molecule has 2 N–H and O–H groups in total. The average Bonchev–Trinajstić information content (AvgIpc) is 3.04. The highest BCUT2D eigenvalue weighted by atomic mass is 16.3. The second kappa shape index (κ2) is 8.08. The van der Waals surface area contributed by atoms with Crippen LogP contribution in [-0.4, -0.2) is 19.9 Å². The minimum absolute atomic E-state index is 0.0220. The maximum absolute atomic E-state index is 12.4. The summed E-state index contributed by atoms with van der Waals surface area (Å²) < 4.78 is 1.12. The van der Waals surface area contributed by atoms with Crippen LogP contribution in [0.15, 0.2) is 15.0 Å². The lowest BCUT2D eigenvalue weighted by atomic mass is 10.1.